The number of hydrogen-bond acceptors (Lipinski definition) is 3. The normalized spacial score (nSPS) is 11.8. The minimum absolute atomic E-state index is 0.0471. The summed E-state index contributed by atoms with van der Waals surface area (Å²) in [4.78, 5) is -0.154. The minimum atomic E-state index is -3.95. The maximum atomic E-state index is 11.5. The number of rotatable bonds is 3. The van der Waals surface area contributed by atoms with E-state index >= 15 is 0 Å². The molecule has 0 spiro atoms. The van der Waals surface area contributed by atoms with Crippen LogP contribution in [0.15, 0.2) is 29.2 Å². The monoisotopic (exact) mass is 338 g/mol. The van der Waals surface area contributed by atoms with E-state index in [4.69, 9.17) is 33.9 Å². The van der Waals surface area contributed by atoms with Crippen molar-refractivity contribution < 1.29 is 8.42 Å². The second kappa shape index (κ2) is 5.32. The van der Waals surface area contributed by atoms with Crippen molar-refractivity contribution in [2.75, 3.05) is 0 Å². The molecule has 0 aliphatic heterocycles. The van der Waals surface area contributed by atoms with Gasteiger partial charge in [0.25, 0.3) is 9.05 Å². The summed E-state index contributed by atoms with van der Waals surface area (Å²) < 4.78 is 24.4. The number of hydrogen-bond donors (Lipinski definition) is 0. The van der Waals surface area contributed by atoms with Gasteiger partial charge in [0.05, 0.1) is 11.4 Å². The van der Waals surface area contributed by atoms with Crippen molar-refractivity contribution in [3.05, 3.63) is 40.1 Å². The van der Waals surface area contributed by atoms with Crippen molar-refractivity contribution in [3.63, 3.8) is 0 Å². The van der Waals surface area contributed by atoms with Gasteiger partial charge in [-0.25, -0.2) is 13.1 Å². The first-order valence-electron chi connectivity index (χ1n) is 5.32. The second-order valence-electron chi connectivity index (χ2n) is 3.75. The van der Waals surface area contributed by atoms with Gasteiger partial charge in [-0.05, 0) is 24.6 Å². The fraction of sp³-hybridized carbons (Fsp3) is 0.182. The van der Waals surface area contributed by atoms with Gasteiger partial charge in [-0.2, -0.15) is 5.10 Å². The molecule has 0 N–H and O–H groups in total. The zero-order valence-corrected chi connectivity index (χ0v) is 12.9. The first-order chi connectivity index (χ1) is 8.84. The predicted octanol–water partition coefficient (Wildman–Crippen LogP) is 3.67. The minimum Gasteiger partial charge on any atom is -0.220 e. The van der Waals surface area contributed by atoms with E-state index in [9.17, 15) is 8.42 Å². The largest absolute Gasteiger partial charge is 0.266 e. The second-order valence-corrected chi connectivity index (χ2v) is 7.05. The fourth-order valence-corrected chi connectivity index (χ4v) is 3.77. The molecule has 0 amide bonds. The van der Waals surface area contributed by atoms with E-state index in [1.807, 2.05) is 0 Å². The molecule has 0 saturated carbocycles. The molecule has 8 heteroatoms. The lowest BCUT2D eigenvalue weighted by Gasteiger charge is -2.03. The maximum Gasteiger partial charge on any atom is 0.266 e. The Labute approximate surface area is 125 Å². The highest BCUT2D eigenvalue weighted by Crippen LogP contribution is 2.31. The van der Waals surface area contributed by atoms with Crippen molar-refractivity contribution in [2.45, 2.75) is 18.2 Å². The Balaban J connectivity index is 2.71. The molecule has 0 bridgehead atoms. The Morgan fingerprint density at radius 2 is 2.00 bits per heavy atom. The van der Waals surface area contributed by atoms with E-state index < -0.39 is 9.05 Å². The summed E-state index contributed by atoms with van der Waals surface area (Å²) in [5.74, 6) is 0. The molecular weight excluding hydrogens is 331 g/mol. The molecule has 0 aliphatic rings. The average Bonchev–Trinajstić information content (AvgIpc) is 2.66. The van der Waals surface area contributed by atoms with Crippen LogP contribution < -0.4 is 0 Å². The summed E-state index contributed by atoms with van der Waals surface area (Å²) >= 11 is 12.0. The van der Waals surface area contributed by atoms with E-state index in [2.05, 4.69) is 5.10 Å². The average molecular weight is 340 g/mol. The van der Waals surface area contributed by atoms with Crippen LogP contribution in [0.2, 0.25) is 10.2 Å². The molecule has 0 aliphatic carbocycles. The highest BCUT2D eigenvalue weighted by Gasteiger charge is 2.26. The lowest BCUT2D eigenvalue weighted by Crippen LogP contribution is -1.97. The Morgan fingerprint density at radius 1 is 1.32 bits per heavy atom. The van der Waals surface area contributed by atoms with Crippen LogP contribution in [0.3, 0.4) is 0 Å². The third-order valence-electron chi connectivity index (χ3n) is 2.49. The molecule has 0 unspecified atom stereocenters. The molecular formula is C11H9Cl3N2O2S. The van der Waals surface area contributed by atoms with Gasteiger partial charge in [0, 0.05) is 15.7 Å². The van der Waals surface area contributed by atoms with Crippen LogP contribution in [-0.4, -0.2) is 18.2 Å². The Morgan fingerprint density at radius 3 is 2.47 bits per heavy atom. The molecule has 0 radical (unpaired) electrons. The maximum absolute atomic E-state index is 11.5. The standard InChI is InChI=1S/C11H9Cl3N2O2S/c1-2-9-10(19(14,17)18)11(13)16(15-9)8-5-3-4-7(12)6-8/h3-6H,2H2,1H3. The predicted molar refractivity (Wildman–Crippen MR) is 76.0 cm³/mol. The van der Waals surface area contributed by atoms with Crippen LogP contribution in [0.25, 0.3) is 5.69 Å². The molecule has 2 aromatic rings. The zero-order chi connectivity index (χ0) is 14.2. The SMILES string of the molecule is CCc1nn(-c2cccc(Cl)c2)c(Cl)c1S(=O)(=O)Cl. The lowest BCUT2D eigenvalue weighted by molar-refractivity contribution is 0.608. The van der Waals surface area contributed by atoms with Crippen LogP contribution in [0.4, 0.5) is 0 Å². The van der Waals surface area contributed by atoms with Crippen LogP contribution >= 0.6 is 33.9 Å². The summed E-state index contributed by atoms with van der Waals surface area (Å²) in [6.45, 7) is 1.77. The molecule has 102 valence electrons. The highest BCUT2D eigenvalue weighted by atomic mass is 35.7. The molecule has 19 heavy (non-hydrogen) atoms. The number of benzene rings is 1. The smallest absolute Gasteiger partial charge is 0.220 e. The van der Waals surface area contributed by atoms with E-state index in [0.717, 1.165) is 0 Å². The molecule has 1 aromatic carbocycles. The Kier molecular flexibility index (Phi) is 4.11. The molecule has 2 rings (SSSR count). The number of nitrogens with zero attached hydrogens (tertiary/aromatic N) is 2. The van der Waals surface area contributed by atoms with Gasteiger partial charge in [-0.3, -0.25) is 0 Å². The molecule has 0 atom stereocenters. The van der Waals surface area contributed by atoms with Gasteiger partial charge in [-0.1, -0.05) is 36.2 Å². The molecule has 1 aromatic heterocycles. The van der Waals surface area contributed by atoms with Gasteiger partial charge in [0.2, 0.25) is 0 Å². The van der Waals surface area contributed by atoms with Crippen LogP contribution in [0.5, 0.6) is 0 Å². The quantitative estimate of drug-likeness (QED) is 0.802. The van der Waals surface area contributed by atoms with Gasteiger partial charge in [0.15, 0.2) is 5.15 Å². The van der Waals surface area contributed by atoms with Crippen molar-refractivity contribution in [1.82, 2.24) is 9.78 Å². The molecule has 0 saturated heterocycles. The summed E-state index contributed by atoms with van der Waals surface area (Å²) in [5.41, 5.74) is 0.888. The zero-order valence-electron chi connectivity index (χ0n) is 9.77. The van der Waals surface area contributed by atoms with E-state index in [1.165, 1.54) is 4.68 Å². The van der Waals surface area contributed by atoms with Gasteiger partial charge in [0.1, 0.15) is 4.90 Å². The fourth-order valence-electron chi connectivity index (χ4n) is 1.68. The first-order valence-corrected chi connectivity index (χ1v) is 8.39. The highest BCUT2D eigenvalue weighted by molar-refractivity contribution is 8.13. The van der Waals surface area contributed by atoms with E-state index in [1.54, 1.807) is 31.2 Å². The van der Waals surface area contributed by atoms with Crippen LogP contribution in [0, 0.1) is 0 Å². The molecule has 0 fully saturated rings. The van der Waals surface area contributed by atoms with Crippen LogP contribution in [-0.2, 0) is 15.5 Å². The van der Waals surface area contributed by atoms with E-state index in [-0.39, 0.29) is 10.0 Å². The van der Waals surface area contributed by atoms with Gasteiger partial charge in [-0.15, -0.1) is 0 Å². The number of aryl methyl sites for hydroxylation is 1. The Hall–Kier alpha value is -0.750. The lowest BCUT2D eigenvalue weighted by atomic mass is 10.3. The first kappa shape index (κ1) is 14.7. The van der Waals surface area contributed by atoms with Crippen molar-refractivity contribution in [3.8, 4) is 5.69 Å². The topological polar surface area (TPSA) is 52.0 Å². The third kappa shape index (κ3) is 2.89. The third-order valence-corrected chi connectivity index (χ3v) is 4.56. The summed E-state index contributed by atoms with van der Waals surface area (Å²) in [6, 6.07) is 6.76. The Bertz CT molecular complexity index is 726. The van der Waals surface area contributed by atoms with Crippen molar-refractivity contribution in [2.24, 2.45) is 0 Å². The summed E-state index contributed by atoms with van der Waals surface area (Å²) in [6.07, 6.45) is 0.397. The van der Waals surface area contributed by atoms with Crippen LogP contribution in [0.1, 0.15) is 12.6 Å². The van der Waals surface area contributed by atoms with Gasteiger partial charge < -0.3 is 0 Å². The van der Waals surface area contributed by atoms with Crippen molar-refractivity contribution in [1.29, 1.82) is 0 Å². The summed E-state index contributed by atoms with van der Waals surface area (Å²) in [7, 11) is 1.44. The summed E-state index contributed by atoms with van der Waals surface area (Å²) in [5, 5.41) is 4.62. The number of halogens is 3. The molecule has 4 nitrogen and oxygen atoms in total. The molecule has 1 heterocycles. The van der Waals surface area contributed by atoms with E-state index in [0.29, 0.717) is 22.8 Å². The number of aromatic nitrogens is 2. The van der Waals surface area contributed by atoms with Crippen molar-refractivity contribution >= 4 is 42.9 Å². The van der Waals surface area contributed by atoms with Gasteiger partial charge >= 0.3 is 0 Å².